The molecule has 1 aromatic rings. The molecule has 0 saturated heterocycles. The molecule has 4 heteroatoms. The van der Waals surface area contributed by atoms with Crippen molar-refractivity contribution in [1.29, 1.82) is 0 Å². The number of benzene rings is 1. The molecule has 1 aromatic carbocycles. The number of rotatable bonds is 3. The van der Waals surface area contributed by atoms with Gasteiger partial charge < -0.3 is 4.84 Å². The number of hydroxylamine groups is 1. The zero-order valence-electron chi connectivity index (χ0n) is 8.97. The molecule has 0 heterocycles. The van der Waals surface area contributed by atoms with Crippen LogP contribution in [0.2, 0.25) is 0 Å². The van der Waals surface area contributed by atoms with Gasteiger partial charge in [-0.15, -0.1) is 0 Å². The third kappa shape index (κ3) is 4.41. The molecular formula is C12H13NO3. The van der Waals surface area contributed by atoms with Gasteiger partial charge >= 0.3 is 5.97 Å². The van der Waals surface area contributed by atoms with Gasteiger partial charge in [0.15, 0.2) is 0 Å². The standard InChI is InChI=1S/C12H13NO3/c1-2-11(14)13-16-12(15)9-8-10-6-4-3-5-7-10/h3-9H,2H2,1H3,(H,13,14)/b9-8-. The molecule has 0 fully saturated rings. The summed E-state index contributed by atoms with van der Waals surface area (Å²) in [6.45, 7) is 1.67. The van der Waals surface area contributed by atoms with E-state index in [1.165, 1.54) is 6.08 Å². The molecule has 16 heavy (non-hydrogen) atoms. The zero-order chi connectivity index (χ0) is 11.8. The topological polar surface area (TPSA) is 55.4 Å². The molecule has 1 amide bonds. The number of amides is 1. The van der Waals surface area contributed by atoms with Gasteiger partial charge in [-0.3, -0.25) is 4.79 Å². The minimum absolute atomic E-state index is 0.273. The van der Waals surface area contributed by atoms with E-state index in [0.29, 0.717) is 0 Å². The predicted molar refractivity (Wildman–Crippen MR) is 60.0 cm³/mol. The van der Waals surface area contributed by atoms with Crippen LogP contribution in [-0.2, 0) is 14.4 Å². The van der Waals surface area contributed by atoms with Crippen LogP contribution in [0.1, 0.15) is 18.9 Å². The highest BCUT2D eigenvalue weighted by Crippen LogP contribution is 2.00. The monoisotopic (exact) mass is 219 g/mol. The van der Waals surface area contributed by atoms with Crippen LogP contribution in [0.3, 0.4) is 0 Å². The van der Waals surface area contributed by atoms with Crippen LogP contribution in [0, 0.1) is 0 Å². The molecule has 0 spiro atoms. The van der Waals surface area contributed by atoms with Crippen LogP contribution in [0.5, 0.6) is 0 Å². The average molecular weight is 219 g/mol. The fourth-order valence-corrected chi connectivity index (χ4v) is 0.942. The Balaban J connectivity index is 2.40. The smallest absolute Gasteiger partial charge is 0.336 e. The van der Waals surface area contributed by atoms with Crippen LogP contribution in [-0.4, -0.2) is 11.9 Å². The molecule has 0 aliphatic heterocycles. The number of hydrogen-bond acceptors (Lipinski definition) is 3. The molecule has 0 aliphatic rings. The van der Waals surface area contributed by atoms with Crippen LogP contribution < -0.4 is 5.48 Å². The van der Waals surface area contributed by atoms with E-state index in [9.17, 15) is 9.59 Å². The van der Waals surface area contributed by atoms with Crippen molar-refractivity contribution in [3.63, 3.8) is 0 Å². The maximum atomic E-state index is 11.1. The zero-order valence-corrected chi connectivity index (χ0v) is 8.97. The molecule has 0 radical (unpaired) electrons. The molecule has 4 nitrogen and oxygen atoms in total. The number of carbonyl (C=O) groups is 2. The second kappa shape index (κ2) is 6.40. The van der Waals surface area contributed by atoms with E-state index in [2.05, 4.69) is 4.84 Å². The van der Waals surface area contributed by atoms with Crippen molar-refractivity contribution >= 4 is 18.0 Å². The second-order valence-electron chi connectivity index (χ2n) is 3.04. The van der Waals surface area contributed by atoms with Gasteiger partial charge in [-0.1, -0.05) is 37.3 Å². The van der Waals surface area contributed by atoms with Crippen molar-refractivity contribution in [3.05, 3.63) is 42.0 Å². The van der Waals surface area contributed by atoms with E-state index in [1.54, 1.807) is 13.0 Å². The molecule has 0 bridgehead atoms. The predicted octanol–water partition coefficient (Wildman–Crippen LogP) is 1.68. The minimum atomic E-state index is -0.606. The van der Waals surface area contributed by atoms with Crippen LogP contribution in [0.4, 0.5) is 0 Å². The maximum absolute atomic E-state index is 11.1. The first-order valence-electron chi connectivity index (χ1n) is 4.95. The second-order valence-corrected chi connectivity index (χ2v) is 3.04. The Bertz CT molecular complexity index is 385. The first-order valence-corrected chi connectivity index (χ1v) is 4.95. The molecule has 0 saturated carbocycles. The summed E-state index contributed by atoms with van der Waals surface area (Å²) in [6, 6.07) is 9.33. The van der Waals surface area contributed by atoms with E-state index in [-0.39, 0.29) is 12.3 Å². The third-order valence-corrected chi connectivity index (χ3v) is 1.80. The Morgan fingerprint density at radius 3 is 2.62 bits per heavy atom. The Morgan fingerprint density at radius 2 is 2.00 bits per heavy atom. The Hall–Kier alpha value is -2.10. The van der Waals surface area contributed by atoms with E-state index in [4.69, 9.17) is 0 Å². The Labute approximate surface area is 93.9 Å². The van der Waals surface area contributed by atoms with E-state index < -0.39 is 5.97 Å². The Kier molecular flexibility index (Phi) is 4.79. The molecular weight excluding hydrogens is 206 g/mol. The summed E-state index contributed by atoms with van der Waals surface area (Å²) in [5.41, 5.74) is 2.92. The summed E-state index contributed by atoms with van der Waals surface area (Å²) in [5, 5.41) is 0. The van der Waals surface area contributed by atoms with Crippen molar-refractivity contribution in [2.45, 2.75) is 13.3 Å². The lowest BCUT2D eigenvalue weighted by Crippen LogP contribution is -2.25. The Morgan fingerprint density at radius 1 is 1.31 bits per heavy atom. The van der Waals surface area contributed by atoms with Crippen molar-refractivity contribution < 1.29 is 14.4 Å². The molecule has 0 aromatic heterocycles. The van der Waals surface area contributed by atoms with Gasteiger partial charge in [0.1, 0.15) is 0 Å². The normalized spacial score (nSPS) is 10.1. The summed E-state index contributed by atoms with van der Waals surface area (Å²) in [6.07, 6.45) is 3.14. The van der Waals surface area contributed by atoms with Gasteiger partial charge in [0.25, 0.3) is 5.91 Å². The van der Waals surface area contributed by atoms with Crippen LogP contribution in [0.15, 0.2) is 36.4 Å². The molecule has 1 N–H and O–H groups in total. The van der Waals surface area contributed by atoms with Crippen molar-refractivity contribution in [2.24, 2.45) is 0 Å². The van der Waals surface area contributed by atoms with Gasteiger partial charge in [0, 0.05) is 12.5 Å². The quantitative estimate of drug-likeness (QED) is 0.621. The van der Waals surface area contributed by atoms with E-state index in [0.717, 1.165) is 5.56 Å². The lowest BCUT2D eigenvalue weighted by Gasteiger charge is -2.00. The number of nitrogens with one attached hydrogen (secondary N) is 1. The van der Waals surface area contributed by atoms with Crippen molar-refractivity contribution in [1.82, 2.24) is 5.48 Å². The van der Waals surface area contributed by atoms with E-state index in [1.807, 2.05) is 35.8 Å². The minimum Gasteiger partial charge on any atom is -0.336 e. The maximum Gasteiger partial charge on any atom is 0.355 e. The van der Waals surface area contributed by atoms with Gasteiger partial charge in [0.05, 0.1) is 0 Å². The van der Waals surface area contributed by atoms with Gasteiger partial charge in [-0.2, -0.15) is 5.48 Å². The molecule has 84 valence electrons. The lowest BCUT2D eigenvalue weighted by molar-refractivity contribution is -0.153. The number of hydrogen-bond donors (Lipinski definition) is 1. The SMILES string of the molecule is CCC(=O)NOC(=O)/C=C\c1ccccc1. The first-order chi connectivity index (χ1) is 7.72. The molecule has 0 atom stereocenters. The summed E-state index contributed by atoms with van der Waals surface area (Å²) in [4.78, 5) is 26.4. The van der Waals surface area contributed by atoms with Gasteiger partial charge in [0.2, 0.25) is 0 Å². The average Bonchev–Trinajstić information content (AvgIpc) is 2.34. The lowest BCUT2D eigenvalue weighted by atomic mass is 10.2. The molecule has 1 rings (SSSR count). The van der Waals surface area contributed by atoms with Crippen LogP contribution in [0.25, 0.3) is 6.08 Å². The summed E-state index contributed by atoms with van der Waals surface area (Å²) in [5.74, 6) is -0.938. The van der Waals surface area contributed by atoms with Gasteiger partial charge in [-0.25, -0.2) is 4.79 Å². The fourth-order valence-electron chi connectivity index (χ4n) is 0.942. The highest BCUT2D eigenvalue weighted by Gasteiger charge is 2.00. The van der Waals surface area contributed by atoms with Crippen LogP contribution >= 0.6 is 0 Å². The third-order valence-electron chi connectivity index (χ3n) is 1.80. The highest BCUT2D eigenvalue weighted by molar-refractivity contribution is 5.88. The van der Waals surface area contributed by atoms with Gasteiger partial charge in [-0.05, 0) is 11.6 Å². The summed E-state index contributed by atoms with van der Waals surface area (Å²) >= 11 is 0. The van der Waals surface area contributed by atoms with Crippen molar-refractivity contribution in [3.8, 4) is 0 Å². The molecule has 0 aliphatic carbocycles. The van der Waals surface area contributed by atoms with Crippen molar-refractivity contribution in [2.75, 3.05) is 0 Å². The largest absolute Gasteiger partial charge is 0.355 e. The number of carbonyl (C=O) groups excluding carboxylic acids is 2. The fraction of sp³-hybridized carbons (Fsp3) is 0.167. The first kappa shape index (κ1) is 12.0. The molecule has 0 unspecified atom stereocenters. The summed E-state index contributed by atoms with van der Waals surface area (Å²) in [7, 11) is 0. The highest BCUT2D eigenvalue weighted by atomic mass is 16.7. The summed E-state index contributed by atoms with van der Waals surface area (Å²) < 4.78 is 0. The van der Waals surface area contributed by atoms with E-state index >= 15 is 0 Å².